The first-order chi connectivity index (χ1) is 14.5. The highest BCUT2D eigenvalue weighted by Gasteiger charge is 2.17. The Morgan fingerprint density at radius 1 is 1.13 bits per heavy atom. The first kappa shape index (κ1) is 21.0. The summed E-state index contributed by atoms with van der Waals surface area (Å²) in [6.45, 7) is 2.07. The smallest absolute Gasteiger partial charge is 0.325 e. The van der Waals surface area contributed by atoms with Crippen LogP contribution in [0.25, 0.3) is 5.69 Å². The van der Waals surface area contributed by atoms with Crippen molar-refractivity contribution in [1.82, 2.24) is 25.0 Å². The molecule has 1 heterocycles. The molecule has 3 aromatic rings. The number of carbonyl (C=O) groups is 2. The van der Waals surface area contributed by atoms with Crippen LogP contribution >= 0.6 is 0 Å². The molecule has 1 atom stereocenters. The number of aromatic nitrogens is 3. The van der Waals surface area contributed by atoms with Crippen molar-refractivity contribution in [2.24, 2.45) is 0 Å². The van der Waals surface area contributed by atoms with E-state index >= 15 is 0 Å². The van der Waals surface area contributed by atoms with E-state index in [4.69, 9.17) is 4.74 Å². The lowest BCUT2D eigenvalue weighted by Gasteiger charge is -2.24. The van der Waals surface area contributed by atoms with Crippen LogP contribution in [0.1, 0.15) is 18.5 Å². The first-order valence-corrected chi connectivity index (χ1v) is 9.36. The Bertz CT molecular complexity index is 971. The zero-order valence-electron chi connectivity index (χ0n) is 17.1. The maximum absolute atomic E-state index is 12.2. The summed E-state index contributed by atoms with van der Waals surface area (Å²) in [6.07, 6.45) is 3.11. The fourth-order valence-corrected chi connectivity index (χ4v) is 2.87. The van der Waals surface area contributed by atoms with Crippen LogP contribution in [0.4, 0.5) is 10.5 Å². The summed E-state index contributed by atoms with van der Waals surface area (Å²) in [7, 11) is 3.40. The van der Waals surface area contributed by atoms with Gasteiger partial charge in [-0.3, -0.25) is 15.0 Å². The Morgan fingerprint density at radius 2 is 1.83 bits per heavy atom. The van der Waals surface area contributed by atoms with Crippen molar-refractivity contribution in [1.29, 1.82) is 0 Å². The van der Waals surface area contributed by atoms with Crippen LogP contribution < -0.4 is 15.4 Å². The van der Waals surface area contributed by atoms with Gasteiger partial charge in [0.1, 0.15) is 18.4 Å². The number of urea groups is 1. The van der Waals surface area contributed by atoms with Crippen LogP contribution in [0.15, 0.2) is 61.2 Å². The van der Waals surface area contributed by atoms with Crippen LogP contribution in [0.3, 0.4) is 0 Å². The van der Waals surface area contributed by atoms with E-state index < -0.39 is 11.9 Å². The number of methoxy groups -OCH3 is 1. The summed E-state index contributed by atoms with van der Waals surface area (Å²) in [5, 5.41) is 9.06. The monoisotopic (exact) mass is 408 g/mol. The van der Waals surface area contributed by atoms with Gasteiger partial charge in [0.2, 0.25) is 5.91 Å². The van der Waals surface area contributed by atoms with E-state index in [-0.39, 0.29) is 12.6 Å². The average Bonchev–Trinajstić information content (AvgIpc) is 3.28. The third kappa shape index (κ3) is 5.42. The molecule has 0 bridgehead atoms. The number of likely N-dealkylation sites (N-methyl/N-ethyl adjacent to an activating group) is 1. The largest absolute Gasteiger partial charge is 0.497 e. The number of amides is 3. The predicted molar refractivity (Wildman–Crippen MR) is 113 cm³/mol. The molecule has 0 aliphatic carbocycles. The molecule has 156 valence electrons. The molecule has 0 spiro atoms. The molecule has 2 N–H and O–H groups in total. The molecule has 9 heteroatoms. The maximum atomic E-state index is 12.2. The van der Waals surface area contributed by atoms with Gasteiger partial charge in [-0.1, -0.05) is 12.1 Å². The van der Waals surface area contributed by atoms with Gasteiger partial charge in [0.25, 0.3) is 0 Å². The van der Waals surface area contributed by atoms with Crippen molar-refractivity contribution >= 4 is 17.6 Å². The summed E-state index contributed by atoms with van der Waals surface area (Å²) in [5.74, 6) is 0.288. The molecule has 0 saturated heterocycles. The molecule has 30 heavy (non-hydrogen) atoms. The Morgan fingerprint density at radius 3 is 2.43 bits per heavy atom. The SMILES string of the molecule is COc1ccc(NC(=O)NC(=O)CN(C)C(C)c2ccc(-n3cncn3)cc2)cc1. The molecule has 0 aliphatic rings. The van der Waals surface area contributed by atoms with Gasteiger partial charge in [-0.2, -0.15) is 5.10 Å². The van der Waals surface area contributed by atoms with Gasteiger partial charge in [0.05, 0.1) is 19.3 Å². The molecule has 0 radical (unpaired) electrons. The molecule has 0 fully saturated rings. The number of hydrogen-bond donors (Lipinski definition) is 2. The van der Waals surface area contributed by atoms with Crippen LogP contribution in [-0.2, 0) is 4.79 Å². The molecular formula is C21H24N6O3. The van der Waals surface area contributed by atoms with E-state index in [1.54, 1.807) is 42.4 Å². The second-order valence-electron chi connectivity index (χ2n) is 6.75. The van der Waals surface area contributed by atoms with Crippen LogP contribution in [0, 0.1) is 0 Å². The van der Waals surface area contributed by atoms with Gasteiger partial charge in [-0.05, 0) is 55.9 Å². The van der Waals surface area contributed by atoms with Crippen LogP contribution in [0.5, 0.6) is 5.75 Å². The van der Waals surface area contributed by atoms with E-state index in [2.05, 4.69) is 20.7 Å². The van der Waals surface area contributed by atoms with Crippen LogP contribution in [-0.4, -0.2) is 52.3 Å². The van der Waals surface area contributed by atoms with Gasteiger partial charge in [0, 0.05) is 11.7 Å². The molecule has 0 saturated carbocycles. The fraction of sp³-hybridized carbons (Fsp3) is 0.238. The fourth-order valence-electron chi connectivity index (χ4n) is 2.87. The number of hydrogen-bond acceptors (Lipinski definition) is 6. The van der Waals surface area contributed by atoms with E-state index in [0.717, 1.165) is 11.3 Å². The lowest BCUT2D eigenvalue weighted by atomic mass is 10.1. The van der Waals surface area contributed by atoms with Gasteiger partial charge >= 0.3 is 6.03 Å². The highest BCUT2D eigenvalue weighted by atomic mass is 16.5. The Kier molecular flexibility index (Phi) is 6.76. The number of nitrogens with one attached hydrogen (secondary N) is 2. The van der Waals surface area contributed by atoms with E-state index in [0.29, 0.717) is 11.4 Å². The minimum atomic E-state index is -0.580. The summed E-state index contributed by atoms with van der Waals surface area (Å²) >= 11 is 0. The summed E-state index contributed by atoms with van der Waals surface area (Å²) in [6, 6.07) is 14.1. The number of carbonyl (C=O) groups excluding carboxylic acids is 2. The zero-order chi connectivity index (χ0) is 21.5. The number of benzene rings is 2. The first-order valence-electron chi connectivity index (χ1n) is 9.36. The van der Waals surface area contributed by atoms with Crippen LogP contribution in [0.2, 0.25) is 0 Å². The normalized spacial score (nSPS) is 11.7. The standard InChI is InChI=1S/C21H24N6O3/c1-15(16-4-8-18(9-5-16)27-14-22-13-23-27)26(2)12-20(28)25-21(29)24-17-6-10-19(30-3)11-7-17/h4-11,13-15H,12H2,1-3H3,(H2,24,25,28,29). The van der Waals surface area contributed by atoms with E-state index in [1.807, 2.05) is 43.1 Å². The predicted octanol–water partition coefficient (Wildman–Crippen LogP) is 2.62. The Hall–Kier alpha value is -3.72. The Balaban J connectivity index is 1.50. The van der Waals surface area contributed by atoms with Crippen molar-refractivity contribution in [2.75, 3.05) is 26.0 Å². The molecule has 3 rings (SSSR count). The zero-order valence-corrected chi connectivity index (χ0v) is 17.1. The van der Waals surface area contributed by atoms with Gasteiger partial charge in [-0.15, -0.1) is 0 Å². The quantitative estimate of drug-likeness (QED) is 0.623. The lowest BCUT2D eigenvalue weighted by molar-refractivity contribution is -0.121. The number of rotatable bonds is 7. The van der Waals surface area contributed by atoms with Gasteiger partial charge in [-0.25, -0.2) is 14.5 Å². The van der Waals surface area contributed by atoms with Crippen molar-refractivity contribution in [3.63, 3.8) is 0 Å². The third-order valence-electron chi connectivity index (χ3n) is 4.71. The number of anilines is 1. The summed E-state index contributed by atoms with van der Waals surface area (Å²) in [4.78, 5) is 30.1. The summed E-state index contributed by atoms with van der Waals surface area (Å²) in [5.41, 5.74) is 2.51. The summed E-state index contributed by atoms with van der Waals surface area (Å²) < 4.78 is 6.75. The third-order valence-corrected chi connectivity index (χ3v) is 4.71. The number of nitrogens with zero attached hydrogens (tertiary/aromatic N) is 4. The minimum Gasteiger partial charge on any atom is -0.497 e. The Labute approximate surface area is 174 Å². The average molecular weight is 408 g/mol. The molecule has 0 aliphatic heterocycles. The minimum absolute atomic E-state index is 0.0230. The molecule has 1 unspecified atom stereocenters. The van der Waals surface area contributed by atoms with Crippen molar-refractivity contribution in [2.45, 2.75) is 13.0 Å². The maximum Gasteiger partial charge on any atom is 0.325 e. The molecule has 2 aromatic carbocycles. The van der Waals surface area contributed by atoms with Crippen molar-refractivity contribution < 1.29 is 14.3 Å². The molecule has 1 aromatic heterocycles. The molecule has 9 nitrogen and oxygen atoms in total. The van der Waals surface area contributed by atoms with Gasteiger partial charge < -0.3 is 10.1 Å². The van der Waals surface area contributed by atoms with Gasteiger partial charge in [0.15, 0.2) is 0 Å². The molecular weight excluding hydrogens is 384 g/mol. The number of imide groups is 1. The van der Waals surface area contributed by atoms with E-state index in [9.17, 15) is 9.59 Å². The second kappa shape index (κ2) is 9.66. The topological polar surface area (TPSA) is 101 Å². The van der Waals surface area contributed by atoms with Crippen molar-refractivity contribution in [3.05, 3.63) is 66.7 Å². The second-order valence-corrected chi connectivity index (χ2v) is 6.75. The van der Waals surface area contributed by atoms with E-state index in [1.165, 1.54) is 6.33 Å². The lowest BCUT2D eigenvalue weighted by Crippen LogP contribution is -2.41. The number of ether oxygens (including phenoxy) is 1. The van der Waals surface area contributed by atoms with Crippen molar-refractivity contribution in [3.8, 4) is 11.4 Å². The highest BCUT2D eigenvalue weighted by Crippen LogP contribution is 2.20. The highest BCUT2D eigenvalue weighted by molar-refractivity contribution is 6.01. The molecule has 3 amide bonds.